The van der Waals surface area contributed by atoms with E-state index in [1.807, 2.05) is 62.5 Å². The average molecular weight is 345 g/mol. The number of rotatable bonds is 7. The molecule has 1 aromatic carbocycles. The molecule has 0 radical (unpaired) electrons. The number of aromatic nitrogens is 2. The van der Waals surface area contributed by atoms with Gasteiger partial charge in [0.05, 0.1) is 0 Å². The van der Waals surface area contributed by atoms with E-state index in [1.54, 1.807) is 11.8 Å². The van der Waals surface area contributed by atoms with Gasteiger partial charge in [-0.3, -0.25) is 4.79 Å². The van der Waals surface area contributed by atoms with Gasteiger partial charge in [0.25, 0.3) is 5.91 Å². The highest BCUT2D eigenvalue weighted by Gasteiger charge is 2.06. The zero-order valence-corrected chi connectivity index (χ0v) is 15.3. The van der Waals surface area contributed by atoms with Crippen molar-refractivity contribution in [3.63, 3.8) is 0 Å². The summed E-state index contributed by atoms with van der Waals surface area (Å²) in [4.78, 5) is 23.8. The van der Waals surface area contributed by atoms with E-state index in [1.165, 1.54) is 0 Å². The summed E-state index contributed by atoms with van der Waals surface area (Å²) in [7, 11) is 3.88. The van der Waals surface area contributed by atoms with E-state index in [0.29, 0.717) is 24.5 Å². The summed E-state index contributed by atoms with van der Waals surface area (Å²) in [5.74, 6) is 2.24. The Kier molecular flexibility index (Phi) is 6.43. The fourth-order valence-electron chi connectivity index (χ4n) is 2.08. The molecule has 0 aliphatic heterocycles. The number of nitrogens with zero attached hydrogens (tertiary/aromatic N) is 3. The number of carbonyl (C=O) groups is 1. The van der Waals surface area contributed by atoms with Crippen molar-refractivity contribution in [1.29, 1.82) is 0 Å². The van der Waals surface area contributed by atoms with E-state index in [0.717, 1.165) is 16.5 Å². The van der Waals surface area contributed by atoms with Gasteiger partial charge < -0.3 is 15.5 Å². The van der Waals surface area contributed by atoms with E-state index in [2.05, 4.69) is 20.6 Å². The zero-order valence-electron chi connectivity index (χ0n) is 14.5. The van der Waals surface area contributed by atoms with Gasteiger partial charge in [-0.1, -0.05) is 0 Å². The molecule has 128 valence electrons. The monoisotopic (exact) mass is 345 g/mol. The lowest BCUT2D eigenvalue weighted by Gasteiger charge is -2.14. The molecule has 1 aromatic heterocycles. The minimum atomic E-state index is -0.0719. The fraction of sp³-hybridized carbons (Fsp3) is 0.353. The predicted octanol–water partition coefficient (Wildman–Crippen LogP) is 2.41. The van der Waals surface area contributed by atoms with Crippen LogP contribution in [-0.4, -0.2) is 49.3 Å². The van der Waals surface area contributed by atoms with Crippen LogP contribution in [0, 0.1) is 6.92 Å². The van der Waals surface area contributed by atoms with Crippen LogP contribution in [0.25, 0.3) is 0 Å². The first-order chi connectivity index (χ1) is 11.5. The highest BCUT2D eigenvalue weighted by molar-refractivity contribution is 7.98. The summed E-state index contributed by atoms with van der Waals surface area (Å²) in [5, 5.41) is 6.11. The number of hydrogen-bond acceptors (Lipinski definition) is 6. The molecule has 2 N–H and O–H groups in total. The minimum absolute atomic E-state index is 0.0719. The van der Waals surface area contributed by atoms with Crippen LogP contribution in [0.2, 0.25) is 0 Å². The molecule has 2 aromatic rings. The standard InChI is InChI=1S/C17H23N5OS/c1-12-20-15(11-16(21-12)22(2)3)18-9-10-19-17(23)13-5-7-14(24-4)8-6-13/h5-8,11H,9-10H2,1-4H3,(H,19,23)(H,18,20,21). The molecule has 0 spiro atoms. The minimum Gasteiger partial charge on any atom is -0.368 e. The third-order valence-corrected chi connectivity index (χ3v) is 4.10. The average Bonchev–Trinajstić information content (AvgIpc) is 2.58. The maximum atomic E-state index is 12.1. The molecule has 1 heterocycles. The molecular formula is C17H23N5OS. The molecule has 0 bridgehead atoms. The summed E-state index contributed by atoms with van der Waals surface area (Å²) >= 11 is 1.66. The summed E-state index contributed by atoms with van der Waals surface area (Å²) < 4.78 is 0. The van der Waals surface area contributed by atoms with E-state index < -0.39 is 0 Å². The second-order valence-corrected chi connectivity index (χ2v) is 6.34. The van der Waals surface area contributed by atoms with Crippen molar-refractivity contribution in [1.82, 2.24) is 15.3 Å². The van der Waals surface area contributed by atoms with Gasteiger partial charge in [0.1, 0.15) is 17.5 Å². The molecule has 0 aliphatic carbocycles. The van der Waals surface area contributed by atoms with Gasteiger partial charge in [-0.05, 0) is 37.4 Å². The molecule has 2 rings (SSSR count). The van der Waals surface area contributed by atoms with E-state index in [9.17, 15) is 4.79 Å². The van der Waals surface area contributed by atoms with Crippen LogP contribution in [0.5, 0.6) is 0 Å². The highest BCUT2D eigenvalue weighted by Crippen LogP contribution is 2.15. The molecule has 24 heavy (non-hydrogen) atoms. The predicted molar refractivity (Wildman–Crippen MR) is 100 cm³/mol. The van der Waals surface area contributed by atoms with Gasteiger partial charge in [0.2, 0.25) is 0 Å². The third kappa shape index (κ3) is 5.13. The zero-order chi connectivity index (χ0) is 17.5. The van der Waals surface area contributed by atoms with Crippen molar-refractivity contribution in [3.8, 4) is 0 Å². The van der Waals surface area contributed by atoms with Gasteiger partial charge in [-0.15, -0.1) is 11.8 Å². The number of aryl methyl sites for hydroxylation is 1. The largest absolute Gasteiger partial charge is 0.368 e. The Bertz CT molecular complexity index is 688. The topological polar surface area (TPSA) is 70.2 Å². The lowest BCUT2D eigenvalue weighted by molar-refractivity contribution is 0.0955. The van der Waals surface area contributed by atoms with E-state index >= 15 is 0 Å². The van der Waals surface area contributed by atoms with Crippen LogP contribution in [0.4, 0.5) is 11.6 Å². The van der Waals surface area contributed by atoms with Crippen LogP contribution in [0.15, 0.2) is 35.2 Å². The smallest absolute Gasteiger partial charge is 0.251 e. The molecule has 0 aliphatic rings. The molecule has 0 fully saturated rings. The van der Waals surface area contributed by atoms with Gasteiger partial charge in [-0.2, -0.15) is 0 Å². The number of benzene rings is 1. The quantitative estimate of drug-likeness (QED) is 0.593. The SMILES string of the molecule is CSc1ccc(C(=O)NCCNc2cc(N(C)C)nc(C)n2)cc1. The molecular weight excluding hydrogens is 322 g/mol. The number of nitrogens with one attached hydrogen (secondary N) is 2. The van der Waals surface area contributed by atoms with Gasteiger partial charge >= 0.3 is 0 Å². The highest BCUT2D eigenvalue weighted by atomic mass is 32.2. The summed E-state index contributed by atoms with van der Waals surface area (Å²) in [6.45, 7) is 2.97. The van der Waals surface area contributed by atoms with Crippen LogP contribution in [0.3, 0.4) is 0 Å². The molecule has 0 atom stereocenters. The van der Waals surface area contributed by atoms with Crippen LogP contribution < -0.4 is 15.5 Å². The van der Waals surface area contributed by atoms with Crippen molar-refractivity contribution in [3.05, 3.63) is 41.7 Å². The van der Waals surface area contributed by atoms with Crippen molar-refractivity contribution in [2.45, 2.75) is 11.8 Å². The number of anilines is 2. The molecule has 7 heteroatoms. The number of amides is 1. The molecule has 6 nitrogen and oxygen atoms in total. The van der Waals surface area contributed by atoms with Crippen molar-refractivity contribution in [2.75, 3.05) is 43.7 Å². The maximum absolute atomic E-state index is 12.1. The van der Waals surface area contributed by atoms with Crippen molar-refractivity contribution in [2.24, 2.45) is 0 Å². The molecule has 0 saturated heterocycles. The summed E-state index contributed by atoms with van der Waals surface area (Å²) in [6, 6.07) is 9.46. The first-order valence-electron chi connectivity index (χ1n) is 7.68. The Hall–Kier alpha value is -2.28. The van der Waals surface area contributed by atoms with Crippen LogP contribution >= 0.6 is 11.8 Å². The Morgan fingerprint density at radius 1 is 1.17 bits per heavy atom. The van der Waals surface area contributed by atoms with E-state index in [4.69, 9.17) is 0 Å². The molecule has 0 saturated carbocycles. The van der Waals surface area contributed by atoms with Crippen LogP contribution in [-0.2, 0) is 0 Å². The lowest BCUT2D eigenvalue weighted by Crippen LogP contribution is -2.29. The molecule has 1 amide bonds. The summed E-state index contributed by atoms with van der Waals surface area (Å²) in [6.07, 6.45) is 2.01. The second kappa shape index (κ2) is 8.54. The Labute approximate surface area is 147 Å². The van der Waals surface area contributed by atoms with Gasteiger partial charge in [0.15, 0.2) is 0 Å². The van der Waals surface area contributed by atoms with Gasteiger partial charge in [0, 0.05) is 43.7 Å². The first kappa shape index (κ1) is 18.1. The first-order valence-corrected chi connectivity index (χ1v) is 8.91. The van der Waals surface area contributed by atoms with Crippen LogP contribution in [0.1, 0.15) is 16.2 Å². The lowest BCUT2D eigenvalue weighted by atomic mass is 10.2. The van der Waals surface area contributed by atoms with Crippen molar-refractivity contribution < 1.29 is 4.79 Å². The normalized spacial score (nSPS) is 10.3. The molecule has 0 unspecified atom stereocenters. The number of hydrogen-bond donors (Lipinski definition) is 2. The Morgan fingerprint density at radius 2 is 1.88 bits per heavy atom. The third-order valence-electron chi connectivity index (χ3n) is 3.35. The number of carbonyl (C=O) groups excluding carboxylic acids is 1. The second-order valence-electron chi connectivity index (χ2n) is 5.46. The Balaban J connectivity index is 1.83. The Morgan fingerprint density at radius 3 is 2.50 bits per heavy atom. The van der Waals surface area contributed by atoms with Gasteiger partial charge in [-0.25, -0.2) is 9.97 Å². The number of thioether (sulfide) groups is 1. The van der Waals surface area contributed by atoms with Crippen molar-refractivity contribution >= 4 is 29.3 Å². The summed E-state index contributed by atoms with van der Waals surface area (Å²) in [5.41, 5.74) is 0.667. The van der Waals surface area contributed by atoms with E-state index in [-0.39, 0.29) is 5.91 Å². The maximum Gasteiger partial charge on any atom is 0.251 e. The fourth-order valence-corrected chi connectivity index (χ4v) is 2.49.